The molecule has 0 atom stereocenters. The largest absolute Gasteiger partial charge is 0.379 e. The van der Waals surface area contributed by atoms with Crippen molar-refractivity contribution in [2.24, 2.45) is 0 Å². The Kier molecular flexibility index (Phi) is 7.21. The van der Waals surface area contributed by atoms with Gasteiger partial charge in [0.1, 0.15) is 6.33 Å². The van der Waals surface area contributed by atoms with Crippen LogP contribution in [-0.2, 0) is 4.74 Å². The minimum absolute atomic E-state index is 0.161. The molecule has 2 N–H and O–H groups in total. The van der Waals surface area contributed by atoms with E-state index in [0.29, 0.717) is 19.8 Å². The Morgan fingerprint density at radius 2 is 1.56 bits per heavy atom. The second-order valence-electron chi connectivity index (χ2n) is 7.46. The van der Waals surface area contributed by atoms with Gasteiger partial charge in [0.2, 0.25) is 11.6 Å². The second-order valence-corrected chi connectivity index (χ2v) is 7.46. The normalized spacial score (nSPS) is 14.3. The molecule has 32 heavy (non-hydrogen) atoms. The van der Waals surface area contributed by atoms with Crippen LogP contribution in [0.25, 0.3) is 0 Å². The standard InChI is InChI=1S/C23H26N6O3/c30-29(31)21-22(24-11-12-28-13-15-32-16-14-28)25-17-26-23(21)27-20(18-7-3-1-4-8-18)19-9-5-2-6-10-19/h1-10,17,20H,11-16H2,(H2,24,25,26,27). The average molecular weight is 435 g/mol. The summed E-state index contributed by atoms with van der Waals surface area (Å²) in [4.78, 5) is 22.2. The first-order valence-corrected chi connectivity index (χ1v) is 10.6. The Bertz CT molecular complexity index is 973. The fourth-order valence-corrected chi connectivity index (χ4v) is 3.73. The van der Waals surface area contributed by atoms with Gasteiger partial charge < -0.3 is 15.4 Å². The molecule has 0 aliphatic carbocycles. The Labute approximate surface area is 186 Å². The molecular weight excluding hydrogens is 408 g/mol. The van der Waals surface area contributed by atoms with Gasteiger partial charge in [0, 0.05) is 26.2 Å². The van der Waals surface area contributed by atoms with E-state index in [2.05, 4.69) is 25.5 Å². The van der Waals surface area contributed by atoms with Crippen LogP contribution < -0.4 is 10.6 Å². The van der Waals surface area contributed by atoms with E-state index >= 15 is 0 Å². The quantitative estimate of drug-likeness (QED) is 0.390. The van der Waals surface area contributed by atoms with Gasteiger partial charge in [0.05, 0.1) is 24.2 Å². The zero-order valence-corrected chi connectivity index (χ0v) is 17.7. The number of nitro groups is 1. The van der Waals surface area contributed by atoms with Crippen LogP contribution in [0.3, 0.4) is 0 Å². The predicted molar refractivity (Wildman–Crippen MR) is 123 cm³/mol. The summed E-state index contributed by atoms with van der Waals surface area (Å²) in [6.07, 6.45) is 1.35. The molecule has 0 bridgehead atoms. The van der Waals surface area contributed by atoms with Crippen molar-refractivity contribution in [1.82, 2.24) is 14.9 Å². The van der Waals surface area contributed by atoms with E-state index in [1.54, 1.807) is 0 Å². The molecule has 4 rings (SSSR count). The number of nitrogens with one attached hydrogen (secondary N) is 2. The van der Waals surface area contributed by atoms with Crippen molar-refractivity contribution in [2.45, 2.75) is 6.04 Å². The number of ether oxygens (including phenoxy) is 1. The van der Waals surface area contributed by atoms with Crippen LogP contribution in [0.15, 0.2) is 67.0 Å². The van der Waals surface area contributed by atoms with Crippen LogP contribution in [-0.4, -0.2) is 59.2 Å². The lowest BCUT2D eigenvalue weighted by molar-refractivity contribution is -0.383. The van der Waals surface area contributed by atoms with E-state index in [4.69, 9.17) is 4.74 Å². The highest BCUT2D eigenvalue weighted by Gasteiger charge is 2.26. The minimum atomic E-state index is -0.438. The van der Waals surface area contributed by atoms with Gasteiger partial charge in [-0.05, 0) is 11.1 Å². The minimum Gasteiger partial charge on any atom is -0.379 e. The maximum Gasteiger partial charge on any atom is 0.353 e. The number of nitrogens with zero attached hydrogens (tertiary/aromatic N) is 4. The van der Waals surface area contributed by atoms with Gasteiger partial charge in [-0.25, -0.2) is 9.97 Å². The monoisotopic (exact) mass is 434 g/mol. The molecule has 0 unspecified atom stereocenters. The smallest absolute Gasteiger partial charge is 0.353 e. The molecule has 0 saturated carbocycles. The molecule has 1 aromatic heterocycles. The van der Waals surface area contributed by atoms with Crippen molar-refractivity contribution in [3.05, 3.63) is 88.2 Å². The van der Waals surface area contributed by atoms with Gasteiger partial charge >= 0.3 is 5.69 Å². The van der Waals surface area contributed by atoms with Gasteiger partial charge in [0.15, 0.2) is 0 Å². The van der Waals surface area contributed by atoms with Crippen molar-refractivity contribution >= 4 is 17.3 Å². The van der Waals surface area contributed by atoms with Crippen molar-refractivity contribution < 1.29 is 9.66 Å². The molecule has 0 spiro atoms. The van der Waals surface area contributed by atoms with E-state index < -0.39 is 4.92 Å². The zero-order chi connectivity index (χ0) is 22.2. The van der Waals surface area contributed by atoms with Gasteiger partial charge in [-0.2, -0.15) is 0 Å². The summed E-state index contributed by atoms with van der Waals surface area (Å²) in [6.45, 7) is 4.43. The van der Waals surface area contributed by atoms with E-state index in [-0.39, 0.29) is 23.4 Å². The first-order valence-electron chi connectivity index (χ1n) is 10.6. The van der Waals surface area contributed by atoms with Gasteiger partial charge in [-0.3, -0.25) is 15.0 Å². The van der Waals surface area contributed by atoms with Crippen molar-refractivity contribution in [2.75, 3.05) is 50.0 Å². The third-order valence-electron chi connectivity index (χ3n) is 5.38. The predicted octanol–water partition coefficient (Wildman–Crippen LogP) is 3.33. The van der Waals surface area contributed by atoms with Crippen molar-refractivity contribution in [3.63, 3.8) is 0 Å². The first kappa shape index (κ1) is 21.7. The van der Waals surface area contributed by atoms with Gasteiger partial charge in [-0.1, -0.05) is 60.7 Å². The highest BCUT2D eigenvalue weighted by molar-refractivity contribution is 5.70. The summed E-state index contributed by atoms with van der Waals surface area (Å²) in [5.41, 5.74) is 1.80. The van der Waals surface area contributed by atoms with Crippen molar-refractivity contribution in [1.29, 1.82) is 0 Å². The lowest BCUT2D eigenvalue weighted by Gasteiger charge is -2.26. The number of aromatic nitrogens is 2. The fraction of sp³-hybridized carbons (Fsp3) is 0.304. The SMILES string of the molecule is O=[N+]([O-])c1c(NCCN2CCOCC2)ncnc1NC(c1ccccc1)c1ccccc1. The molecule has 0 amide bonds. The molecule has 166 valence electrons. The lowest BCUT2D eigenvalue weighted by Crippen LogP contribution is -2.39. The summed E-state index contributed by atoms with van der Waals surface area (Å²) in [7, 11) is 0. The molecule has 2 heterocycles. The summed E-state index contributed by atoms with van der Waals surface area (Å²) >= 11 is 0. The Balaban J connectivity index is 1.57. The van der Waals surface area contributed by atoms with Crippen LogP contribution in [0.4, 0.5) is 17.3 Å². The Morgan fingerprint density at radius 3 is 2.16 bits per heavy atom. The van der Waals surface area contributed by atoms with E-state index in [9.17, 15) is 10.1 Å². The molecule has 9 nitrogen and oxygen atoms in total. The maximum absolute atomic E-state index is 12.0. The average Bonchev–Trinajstić information content (AvgIpc) is 2.84. The van der Waals surface area contributed by atoms with Crippen LogP contribution in [0.2, 0.25) is 0 Å². The topological polar surface area (TPSA) is 105 Å². The Morgan fingerprint density at radius 1 is 0.969 bits per heavy atom. The third-order valence-corrected chi connectivity index (χ3v) is 5.38. The molecule has 1 saturated heterocycles. The van der Waals surface area contributed by atoms with Crippen LogP contribution in [0.5, 0.6) is 0 Å². The van der Waals surface area contributed by atoms with E-state index in [1.807, 2.05) is 60.7 Å². The first-order chi connectivity index (χ1) is 15.7. The second kappa shape index (κ2) is 10.7. The number of anilines is 2. The number of morpholine rings is 1. The third kappa shape index (κ3) is 5.37. The summed E-state index contributed by atoms with van der Waals surface area (Å²) in [6, 6.07) is 19.3. The van der Waals surface area contributed by atoms with Crippen LogP contribution in [0, 0.1) is 10.1 Å². The maximum atomic E-state index is 12.0. The molecule has 1 aliphatic heterocycles. The van der Waals surface area contributed by atoms with E-state index in [1.165, 1.54) is 6.33 Å². The molecular formula is C23H26N6O3. The van der Waals surface area contributed by atoms with Gasteiger partial charge in [-0.15, -0.1) is 0 Å². The van der Waals surface area contributed by atoms with Crippen LogP contribution >= 0.6 is 0 Å². The molecule has 1 aliphatic rings. The number of hydrogen-bond donors (Lipinski definition) is 2. The lowest BCUT2D eigenvalue weighted by atomic mass is 9.99. The van der Waals surface area contributed by atoms with Crippen LogP contribution in [0.1, 0.15) is 17.2 Å². The molecule has 0 radical (unpaired) electrons. The molecule has 3 aromatic rings. The summed E-state index contributed by atoms with van der Waals surface area (Å²) < 4.78 is 5.36. The van der Waals surface area contributed by atoms with Gasteiger partial charge in [0.25, 0.3) is 0 Å². The molecule has 2 aromatic carbocycles. The van der Waals surface area contributed by atoms with Crippen molar-refractivity contribution in [3.8, 4) is 0 Å². The molecule has 9 heteroatoms. The Hall–Kier alpha value is -3.56. The summed E-state index contributed by atoms with van der Waals surface area (Å²) in [5.74, 6) is 0.386. The molecule has 1 fully saturated rings. The fourth-order valence-electron chi connectivity index (χ4n) is 3.73. The number of benzene rings is 2. The zero-order valence-electron chi connectivity index (χ0n) is 17.7. The summed E-state index contributed by atoms with van der Waals surface area (Å²) in [5, 5.41) is 18.4. The van der Waals surface area contributed by atoms with E-state index in [0.717, 1.165) is 30.8 Å². The number of hydrogen-bond acceptors (Lipinski definition) is 8. The highest BCUT2D eigenvalue weighted by Crippen LogP contribution is 2.33. The highest BCUT2D eigenvalue weighted by atomic mass is 16.6. The number of rotatable bonds is 9.